The molecule has 0 aliphatic heterocycles. The number of aromatic nitrogens is 2. The lowest BCUT2D eigenvalue weighted by atomic mass is 10.5. The van der Waals surface area contributed by atoms with Gasteiger partial charge in [-0.1, -0.05) is 0 Å². The van der Waals surface area contributed by atoms with E-state index >= 15 is 0 Å². The zero-order chi connectivity index (χ0) is 13.9. The molecule has 1 heterocycles. The molecular formula is C12H22N4O3. The quantitative estimate of drug-likeness (QED) is 0.604. The molecule has 1 rings (SSSR count). The first kappa shape index (κ1) is 15.6. The maximum Gasteiger partial charge on any atom is 0.158 e. The number of rotatable bonds is 10. The Morgan fingerprint density at radius 3 is 2.79 bits per heavy atom. The van der Waals surface area contributed by atoms with E-state index in [0.29, 0.717) is 57.0 Å². The van der Waals surface area contributed by atoms with E-state index in [1.807, 2.05) is 6.92 Å². The molecule has 7 heteroatoms. The van der Waals surface area contributed by atoms with Gasteiger partial charge in [0, 0.05) is 26.3 Å². The summed E-state index contributed by atoms with van der Waals surface area (Å²) in [4.78, 5) is 8.39. The first-order chi connectivity index (χ1) is 9.26. The van der Waals surface area contributed by atoms with Gasteiger partial charge in [-0.25, -0.2) is 9.97 Å². The van der Waals surface area contributed by atoms with Gasteiger partial charge in [0.2, 0.25) is 0 Å². The molecule has 0 aromatic carbocycles. The number of anilines is 2. The van der Waals surface area contributed by atoms with Crippen LogP contribution in [0.2, 0.25) is 0 Å². The first-order valence-electron chi connectivity index (χ1n) is 6.28. The molecule has 0 saturated heterocycles. The highest BCUT2D eigenvalue weighted by atomic mass is 16.5. The van der Waals surface area contributed by atoms with Crippen molar-refractivity contribution in [3.8, 4) is 0 Å². The average molecular weight is 270 g/mol. The zero-order valence-electron chi connectivity index (χ0n) is 11.5. The van der Waals surface area contributed by atoms with E-state index < -0.39 is 0 Å². The van der Waals surface area contributed by atoms with Gasteiger partial charge < -0.3 is 25.3 Å². The predicted molar refractivity (Wildman–Crippen MR) is 73.0 cm³/mol. The standard InChI is InChI=1S/C12H22N4O3/c1-3-18-9-12-15-10(13)8-11(16-12)14-4-5-19-7-6-17-2/h8H,3-7,9H2,1-2H3,(H3,13,14,15,16). The summed E-state index contributed by atoms with van der Waals surface area (Å²) in [6.07, 6.45) is 0. The van der Waals surface area contributed by atoms with Crippen LogP contribution < -0.4 is 11.1 Å². The van der Waals surface area contributed by atoms with Crippen molar-refractivity contribution in [3.63, 3.8) is 0 Å². The number of ether oxygens (including phenoxy) is 3. The van der Waals surface area contributed by atoms with Gasteiger partial charge in [-0.2, -0.15) is 0 Å². The van der Waals surface area contributed by atoms with Crippen molar-refractivity contribution >= 4 is 11.6 Å². The normalized spacial score (nSPS) is 10.6. The smallest absolute Gasteiger partial charge is 0.158 e. The highest BCUT2D eigenvalue weighted by Crippen LogP contribution is 2.08. The minimum Gasteiger partial charge on any atom is -0.384 e. The van der Waals surface area contributed by atoms with Crippen LogP contribution in [-0.2, 0) is 20.8 Å². The van der Waals surface area contributed by atoms with Crippen molar-refractivity contribution in [2.75, 3.05) is 51.1 Å². The van der Waals surface area contributed by atoms with E-state index in [9.17, 15) is 0 Å². The second-order valence-electron chi connectivity index (χ2n) is 3.76. The number of nitrogen functional groups attached to an aromatic ring is 1. The molecule has 0 aliphatic rings. The third-order valence-electron chi connectivity index (χ3n) is 2.21. The van der Waals surface area contributed by atoms with Crippen LogP contribution in [0.5, 0.6) is 0 Å². The Kier molecular flexibility index (Phi) is 7.80. The van der Waals surface area contributed by atoms with Gasteiger partial charge in [0.1, 0.15) is 18.2 Å². The summed E-state index contributed by atoms with van der Waals surface area (Å²) in [5, 5.41) is 3.13. The number of methoxy groups -OCH3 is 1. The van der Waals surface area contributed by atoms with Gasteiger partial charge in [0.15, 0.2) is 5.82 Å². The predicted octanol–water partition coefficient (Wildman–Crippen LogP) is 0.670. The summed E-state index contributed by atoms with van der Waals surface area (Å²) in [6, 6.07) is 1.69. The summed E-state index contributed by atoms with van der Waals surface area (Å²) in [5.41, 5.74) is 5.71. The number of hydrogen-bond acceptors (Lipinski definition) is 7. The van der Waals surface area contributed by atoms with Crippen LogP contribution >= 0.6 is 0 Å². The number of nitrogens with two attached hydrogens (primary N) is 1. The Morgan fingerprint density at radius 2 is 2.05 bits per heavy atom. The van der Waals surface area contributed by atoms with Crippen molar-refractivity contribution in [2.24, 2.45) is 0 Å². The first-order valence-corrected chi connectivity index (χ1v) is 6.28. The summed E-state index contributed by atoms with van der Waals surface area (Å²) in [6.45, 7) is 5.30. The lowest BCUT2D eigenvalue weighted by Crippen LogP contribution is -2.14. The summed E-state index contributed by atoms with van der Waals surface area (Å²) >= 11 is 0. The largest absolute Gasteiger partial charge is 0.384 e. The van der Waals surface area contributed by atoms with E-state index in [0.717, 1.165) is 0 Å². The highest BCUT2D eigenvalue weighted by Gasteiger charge is 2.02. The van der Waals surface area contributed by atoms with Gasteiger partial charge in [0.25, 0.3) is 0 Å². The molecule has 0 saturated carbocycles. The Bertz CT molecular complexity index is 363. The van der Waals surface area contributed by atoms with Crippen molar-refractivity contribution < 1.29 is 14.2 Å². The minimum absolute atomic E-state index is 0.362. The fraction of sp³-hybridized carbons (Fsp3) is 0.667. The Morgan fingerprint density at radius 1 is 1.21 bits per heavy atom. The zero-order valence-corrected chi connectivity index (χ0v) is 11.5. The summed E-state index contributed by atoms with van der Waals surface area (Å²) < 4.78 is 15.5. The third kappa shape index (κ3) is 6.90. The number of nitrogens with zero attached hydrogens (tertiary/aromatic N) is 2. The van der Waals surface area contributed by atoms with Gasteiger partial charge in [-0.3, -0.25) is 0 Å². The van der Waals surface area contributed by atoms with E-state index in [-0.39, 0.29) is 0 Å². The summed E-state index contributed by atoms with van der Waals surface area (Å²) in [5.74, 6) is 1.68. The number of hydrogen-bond donors (Lipinski definition) is 2. The minimum atomic E-state index is 0.362. The molecule has 0 aliphatic carbocycles. The SMILES string of the molecule is CCOCc1nc(N)cc(NCCOCCOC)n1. The highest BCUT2D eigenvalue weighted by molar-refractivity contribution is 5.44. The van der Waals surface area contributed by atoms with Crippen molar-refractivity contribution in [1.82, 2.24) is 9.97 Å². The van der Waals surface area contributed by atoms with Crippen LogP contribution in [-0.4, -0.2) is 50.1 Å². The molecule has 0 fully saturated rings. The Balaban J connectivity index is 2.34. The molecule has 0 unspecified atom stereocenters. The van der Waals surface area contributed by atoms with E-state index in [2.05, 4.69) is 15.3 Å². The topological polar surface area (TPSA) is 91.5 Å². The second kappa shape index (κ2) is 9.48. The van der Waals surface area contributed by atoms with Crippen LogP contribution in [0, 0.1) is 0 Å². The molecule has 108 valence electrons. The van der Waals surface area contributed by atoms with Crippen molar-refractivity contribution in [2.45, 2.75) is 13.5 Å². The summed E-state index contributed by atoms with van der Waals surface area (Å²) in [7, 11) is 1.64. The Labute approximate surface area is 113 Å². The van der Waals surface area contributed by atoms with Crippen LogP contribution in [0.25, 0.3) is 0 Å². The molecule has 0 spiro atoms. The van der Waals surface area contributed by atoms with E-state index in [1.165, 1.54) is 0 Å². The van der Waals surface area contributed by atoms with Crippen LogP contribution in [0.3, 0.4) is 0 Å². The monoisotopic (exact) mass is 270 g/mol. The van der Waals surface area contributed by atoms with Gasteiger partial charge in [0.05, 0.1) is 19.8 Å². The molecule has 0 atom stereocenters. The van der Waals surface area contributed by atoms with Gasteiger partial charge in [-0.15, -0.1) is 0 Å². The van der Waals surface area contributed by atoms with Crippen molar-refractivity contribution in [1.29, 1.82) is 0 Å². The fourth-order valence-corrected chi connectivity index (χ4v) is 1.36. The maximum absolute atomic E-state index is 5.71. The van der Waals surface area contributed by atoms with Crippen molar-refractivity contribution in [3.05, 3.63) is 11.9 Å². The van der Waals surface area contributed by atoms with Gasteiger partial charge in [-0.05, 0) is 6.92 Å². The maximum atomic E-state index is 5.71. The lowest BCUT2D eigenvalue weighted by molar-refractivity contribution is 0.0759. The molecular weight excluding hydrogens is 248 g/mol. The number of nitrogens with one attached hydrogen (secondary N) is 1. The third-order valence-corrected chi connectivity index (χ3v) is 2.21. The van der Waals surface area contributed by atoms with Crippen LogP contribution in [0.1, 0.15) is 12.7 Å². The molecule has 7 nitrogen and oxygen atoms in total. The lowest BCUT2D eigenvalue weighted by Gasteiger charge is -2.09. The molecule has 3 N–H and O–H groups in total. The Hall–Kier alpha value is -1.44. The second-order valence-corrected chi connectivity index (χ2v) is 3.76. The molecule has 1 aromatic rings. The molecule has 0 bridgehead atoms. The van der Waals surface area contributed by atoms with E-state index in [1.54, 1.807) is 13.2 Å². The average Bonchev–Trinajstić information content (AvgIpc) is 2.40. The molecule has 0 amide bonds. The molecule has 19 heavy (non-hydrogen) atoms. The molecule has 0 radical (unpaired) electrons. The van der Waals surface area contributed by atoms with Crippen LogP contribution in [0.15, 0.2) is 6.07 Å². The van der Waals surface area contributed by atoms with E-state index in [4.69, 9.17) is 19.9 Å². The van der Waals surface area contributed by atoms with Crippen LogP contribution in [0.4, 0.5) is 11.6 Å². The van der Waals surface area contributed by atoms with Gasteiger partial charge >= 0.3 is 0 Å². The molecule has 1 aromatic heterocycles. The fourth-order valence-electron chi connectivity index (χ4n) is 1.36.